The zero-order chi connectivity index (χ0) is 15.0. The largest absolute Gasteiger partial charge is 0.485 e. The number of fused-ring (bicyclic) bond motifs is 1. The van der Waals surface area contributed by atoms with Crippen LogP contribution in [0.2, 0.25) is 0 Å². The zero-order valence-corrected chi connectivity index (χ0v) is 12.0. The van der Waals surface area contributed by atoms with Gasteiger partial charge >= 0.3 is 0 Å². The Morgan fingerprint density at radius 2 is 1.76 bits per heavy atom. The molecule has 4 heteroatoms. The Hall–Kier alpha value is -1.94. The number of ether oxygens (including phenoxy) is 1. The van der Waals surface area contributed by atoms with E-state index in [9.17, 15) is 8.78 Å². The van der Waals surface area contributed by atoms with E-state index in [2.05, 4.69) is 5.32 Å². The summed E-state index contributed by atoms with van der Waals surface area (Å²) in [7, 11) is 1.85. The summed E-state index contributed by atoms with van der Waals surface area (Å²) in [6, 6.07) is 9.28. The molecule has 2 aromatic carbocycles. The predicted molar refractivity (Wildman–Crippen MR) is 77.3 cm³/mol. The van der Waals surface area contributed by atoms with Crippen LogP contribution < -0.4 is 10.1 Å². The van der Waals surface area contributed by atoms with E-state index in [0.29, 0.717) is 12.2 Å². The van der Waals surface area contributed by atoms with Crippen molar-refractivity contribution in [1.29, 1.82) is 0 Å². The molecule has 0 spiro atoms. The van der Waals surface area contributed by atoms with Crippen LogP contribution in [-0.4, -0.2) is 7.05 Å². The lowest BCUT2D eigenvalue weighted by Crippen LogP contribution is -2.27. The fraction of sp³-hybridized carbons (Fsp3) is 0.294. The number of hydrogen-bond acceptors (Lipinski definition) is 2. The summed E-state index contributed by atoms with van der Waals surface area (Å²) < 4.78 is 32.7. The van der Waals surface area contributed by atoms with Crippen molar-refractivity contribution in [3.8, 4) is 5.75 Å². The Labute approximate surface area is 122 Å². The van der Waals surface area contributed by atoms with Gasteiger partial charge in [-0.05, 0) is 55.4 Å². The van der Waals surface area contributed by atoms with Gasteiger partial charge in [0.1, 0.15) is 23.5 Å². The summed E-state index contributed by atoms with van der Waals surface area (Å²) in [5.41, 5.74) is 2.65. The Morgan fingerprint density at radius 1 is 1.05 bits per heavy atom. The second kappa shape index (κ2) is 5.45. The van der Waals surface area contributed by atoms with Gasteiger partial charge in [0.15, 0.2) is 0 Å². The van der Waals surface area contributed by atoms with E-state index in [1.54, 1.807) is 12.1 Å². The molecular weight excluding hydrogens is 272 g/mol. The molecule has 0 saturated heterocycles. The van der Waals surface area contributed by atoms with Crippen molar-refractivity contribution in [2.45, 2.75) is 25.5 Å². The van der Waals surface area contributed by atoms with Gasteiger partial charge in [-0.2, -0.15) is 0 Å². The Balaban J connectivity index is 1.98. The second-order valence-electron chi connectivity index (χ2n) is 5.37. The highest BCUT2D eigenvalue weighted by Gasteiger charge is 2.29. The molecule has 0 aromatic heterocycles. The summed E-state index contributed by atoms with van der Waals surface area (Å²) in [5, 5.41) is 3.20. The lowest BCUT2D eigenvalue weighted by Gasteiger charge is -2.33. The number of rotatable bonds is 2. The standard InChI is InChI=1S/C17H17F2NO/c1-10-7-11(18)3-5-13(10)17-9-15(20-2)14-8-12(19)4-6-16(14)21-17/h3-8,15,17,20H,9H2,1-2H3. The molecule has 2 nitrogen and oxygen atoms in total. The van der Waals surface area contributed by atoms with E-state index < -0.39 is 0 Å². The zero-order valence-electron chi connectivity index (χ0n) is 12.0. The summed E-state index contributed by atoms with van der Waals surface area (Å²) in [6.07, 6.45) is 0.514. The SMILES string of the molecule is CNC1CC(c2ccc(F)cc2C)Oc2ccc(F)cc21. The summed E-state index contributed by atoms with van der Waals surface area (Å²) in [6.45, 7) is 1.87. The molecule has 110 valence electrons. The summed E-state index contributed by atoms with van der Waals surface area (Å²) >= 11 is 0. The minimum Gasteiger partial charge on any atom is -0.485 e. The molecule has 0 bridgehead atoms. The van der Waals surface area contributed by atoms with E-state index >= 15 is 0 Å². The average molecular weight is 289 g/mol. The lowest BCUT2D eigenvalue weighted by atomic mass is 9.91. The molecule has 3 rings (SSSR count). The lowest BCUT2D eigenvalue weighted by molar-refractivity contribution is 0.153. The average Bonchev–Trinajstić information content (AvgIpc) is 2.46. The molecule has 0 radical (unpaired) electrons. The van der Waals surface area contributed by atoms with Crippen molar-refractivity contribution in [1.82, 2.24) is 5.32 Å². The minimum atomic E-state index is -0.269. The maximum atomic E-state index is 13.4. The van der Waals surface area contributed by atoms with Gasteiger partial charge in [0.05, 0.1) is 0 Å². The van der Waals surface area contributed by atoms with Crippen molar-refractivity contribution in [3.05, 3.63) is 64.7 Å². The molecule has 1 heterocycles. The van der Waals surface area contributed by atoms with Gasteiger partial charge in [-0.15, -0.1) is 0 Å². The Bertz CT molecular complexity index is 672. The smallest absolute Gasteiger partial charge is 0.126 e. The van der Waals surface area contributed by atoms with Crippen molar-refractivity contribution in [3.63, 3.8) is 0 Å². The number of hydrogen-bond donors (Lipinski definition) is 1. The third-order valence-electron chi connectivity index (χ3n) is 3.99. The van der Waals surface area contributed by atoms with Crippen LogP contribution in [0.3, 0.4) is 0 Å². The van der Waals surface area contributed by atoms with Crippen molar-refractivity contribution in [2.75, 3.05) is 7.05 Å². The molecule has 1 N–H and O–H groups in total. The quantitative estimate of drug-likeness (QED) is 0.900. The molecule has 2 aromatic rings. The molecule has 0 amide bonds. The first-order valence-electron chi connectivity index (χ1n) is 6.98. The molecule has 0 aliphatic carbocycles. The maximum absolute atomic E-state index is 13.4. The maximum Gasteiger partial charge on any atom is 0.126 e. The number of benzene rings is 2. The van der Waals surface area contributed by atoms with Gasteiger partial charge in [0.25, 0.3) is 0 Å². The normalized spacial score (nSPS) is 20.8. The van der Waals surface area contributed by atoms with Crippen LogP contribution in [0.5, 0.6) is 5.75 Å². The predicted octanol–water partition coefficient (Wildman–Crippen LogP) is 4.06. The highest BCUT2D eigenvalue weighted by atomic mass is 19.1. The van der Waals surface area contributed by atoms with Gasteiger partial charge < -0.3 is 10.1 Å². The van der Waals surface area contributed by atoms with Crippen LogP contribution in [0.1, 0.15) is 35.3 Å². The number of halogens is 2. The minimum absolute atomic E-state index is 0.0129. The third kappa shape index (κ3) is 2.63. The van der Waals surface area contributed by atoms with E-state index in [0.717, 1.165) is 16.7 Å². The van der Waals surface area contributed by atoms with Crippen LogP contribution in [-0.2, 0) is 0 Å². The third-order valence-corrected chi connectivity index (χ3v) is 3.99. The Morgan fingerprint density at radius 3 is 2.48 bits per heavy atom. The van der Waals surface area contributed by atoms with E-state index in [1.165, 1.54) is 24.3 Å². The number of aryl methyl sites for hydroxylation is 1. The molecule has 21 heavy (non-hydrogen) atoms. The van der Waals surface area contributed by atoms with Crippen molar-refractivity contribution >= 4 is 0 Å². The van der Waals surface area contributed by atoms with Crippen LogP contribution >= 0.6 is 0 Å². The van der Waals surface area contributed by atoms with Crippen molar-refractivity contribution < 1.29 is 13.5 Å². The van der Waals surface area contributed by atoms with Gasteiger partial charge in [0, 0.05) is 18.0 Å². The first-order valence-corrected chi connectivity index (χ1v) is 6.98. The highest BCUT2D eigenvalue weighted by Crippen LogP contribution is 2.41. The fourth-order valence-corrected chi connectivity index (χ4v) is 2.91. The van der Waals surface area contributed by atoms with Gasteiger partial charge in [-0.25, -0.2) is 8.78 Å². The molecule has 1 aliphatic rings. The van der Waals surface area contributed by atoms with Crippen LogP contribution in [0.15, 0.2) is 36.4 Å². The molecular formula is C17H17F2NO. The molecule has 2 atom stereocenters. The van der Waals surface area contributed by atoms with Crippen LogP contribution in [0.25, 0.3) is 0 Å². The number of nitrogens with one attached hydrogen (secondary N) is 1. The van der Waals surface area contributed by atoms with Gasteiger partial charge in [0.2, 0.25) is 0 Å². The molecule has 2 unspecified atom stereocenters. The Kier molecular flexibility index (Phi) is 3.64. The van der Waals surface area contributed by atoms with Crippen LogP contribution in [0, 0.1) is 18.6 Å². The highest BCUT2D eigenvalue weighted by molar-refractivity contribution is 5.40. The van der Waals surface area contributed by atoms with E-state index in [4.69, 9.17) is 4.74 Å². The molecule has 0 fully saturated rings. The van der Waals surface area contributed by atoms with Crippen LogP contribution in [0.4, 0.5) is 8.78 Å². The molecule has 0 saturated carbocycles. The topological polar surface area (TPSA) is 21.3 Å². The second-order valence-corrected chi connectivity index (χ2v) is 5.37. The first kappa shape index (κ1) is 14.0. The van der Waals surface area contributed by atoms with Crippen molar-refractivity contribution in [2.24, 2.45) is 0 Å². The van der Waals surface area contributed by atoms with Gasteiger partial charge in [-0.1, -0.05) is 6.07 Å². The van der Waals surface area contributed by atoms with E-state index in [-0.39, 0.29) is 23.8 Å². The summed E-state index contributed by atoms with van der Waals surface area (Å²) in [4.78, 5) is 0. The first-order chi connectivity index (χ1) is 10.1. The summed E-state index contributed by atoms with van der Waals surface area (Å²) in [5.74, 6) is 0.157. The molecule has 1 aliphatic heterocycles. The fourth-order valence-electron chi connectivity index (χ4n) is 2.91. The van der Waals surface area contributed by atoms with E-state index in [1.807, 2.05) is 14.0 Å². The monoisotopic (exact) mass is 289 g/mol. The van der Waals surface area contributed by atoms with Gasteiger partial charge in [-0.3, -0.25) is 0 Å².